The van der Waals surface area contributed by atoms with E-state index in [0.717, 1.165) is 0 Å². The van der Waals surface area contributed by atoms with Gasteiger partial charge in [0.05, 0.1) is 0 Å². The fourth-order valence-corrected chi connectivity index (χ4v) is 15.8. The number of hydrogen-bond acceptors (Lipinski definition) is 2. The zero-order valence-corrected chi connectivity index (χ0v) is 14.9. The summed E-state index contributed by atoms with van der Waals surface area (Å²) >= 11 is 2.64. The normalized spacial score (nSPS) is 11.2. The first-order valence-corrected chi connectivity index (χ1v) is 14.6. The van der Waals surface area contributed by atoms with E-state index in [1.807, 2.05) is 0 Å². The van der Waals surface area contributed by atoms with Crippen LogP contribution in [0.4, 0.5) is 0 Å². The molecule has 0 aromatic heterocycles. The predicted octanol–water partition coefficient (Wildman–Crippen LogP) is 5.44. The first-order valence-electron chi connectivity index (χ1n) is 6.83. The second-order valence-corrected chi connectivity index (χ2v) is 16.8. The molecule has 0 bridgehead atoms. The minimum absolute atomic E-state index is 1.30. The summed E-state index contributed by atoms with van der Waals surface area (Å²) < 4.78 is 8.94. The van der Waals surface area contributed by atoms with Crippen LogP contribution in [0.2, 0.25) is 13.3 Å². The van der Waals surface area contributed by atoms with Crippen molar-refractivity contribution in [2.24, 2.45) is 3.21 Å². The van der Waals surface area contributed by atoms with E-state index in [2.05, 4.69) is 25.9 Å². The Labute approximate surface area is 111 Å². The Morgan fingerprint density at radius 1 is 0.875 bits per heavy atom. The Hall–Kier alpha value is 0.599. The Balaban J connectivity index is 4.51. The van der Waals surface area contributed by atoms with Crippen molar-refractivity contribution in [1.29, 1.82) is 0 Å². The topological polar surface area (TPSA) is 12.4 Å². The summed E-state index contributed by atoms with van der Waals surface area (Å²) in [5.41, 5.74) is 0. The minimum atomic E-state index is -2.25. The SMILES string of the molecule is CCC[CH2][Sn]([CH2]CCC)([CH2]CCC)[N]=C=S. The molecule has 94 valence electrons. The molecule has 0 radical (unpaired) electrons. The average Bonchev–Trinajstić information content (AvgIpc) is 2.31. The second kappa shape index (κ2) is 10.7. The van der Waals surface area contributed by atoms with Gasteiger partial charge in [-0.3, -0.25) is 0 Å². The van der Waals surface area contributed by atoms with Gasteiger partial charge in [-0.1, -0.05) is 0 Å². The van der Waals surface area contributed by atoms with Crippen LogP contribution in [0.3, 0.4) is 0 Å². The second-order valence-electron chi connectivity index (χ2n) is 4.74. The van der Waals surface area contributed by atoms with Gasteiger partial charge in [0.15, 0.2) is 0 Å². The molecule has 0 heterocycles. The fraction of sp³-hybridized carbons (Fsp3) is 0.923. The van der Waals surface area contributed by atoms with Crippen molar-refractivity contribution in [1.82, 2.24) is 0 Å². The standard InChI is InChI=1S/3C4H9.CNS.Sn/c3*1-3-4-2;2-1-3;/h3*1,3-4H2,2H3;;/q;;;-1;+1. The molecule has 0 aromatic carbocycles. The maximum atomic E-state index is 4.89. The van der Waals surface area contributed by atoms with Gasteiger partial charge in [0, 0.05) is 0 Å². The van der Waals surface area contributed by atoms with E-state index in [9.17, 15) is 0 Å². The van der Waals surface area contributed by atoms with Gasteiger partial charge in [-0.25, -0.2) is 0 Å². The zero-order valence-electron chi connectivity index (χ0n) is 11.2. The van der Waals surface area contributed by atoms with Crippen molar-refractivity contribution >= 4 is 36.0 Å². The molecule has 16 heavy (non-hydrogen) atoms. The summed E-state index contributed by atoms with van der Waals surface area (Å²) in [5, 5.41) is 2.74. The van der Waals surface area contributed by atoms with Gasteiger partial charge in [-0.05, 0) is 0 Å². The third kappa shape index (κ3) is 7.03. The van der Waals surface area contributed by atoms with E-state index in [1.165, 1.54) is 51.8 Å². The van der Waals surface area contributed by atoms with E-state index in [-0.39, 0.29) is 0 Å². The number of hydrogen-bond donors (Lipinski definition) is 0. The average molecular weight is 348 g/mol. The fourth-order valence-electron chi connectivity index (χ4n) is 2.16. The van der Waals surface area contributed by atoms with Crippen LogP contribution < -0.4 is 0 Å². The molecule has 0 aliphatic heterocycles. The van der Waals surface area contributed by atoms with Crippen LogP contribution in [0.5, 0.6) is 0 Å². The molecule has 0 aromatic rings. The molecule has 0 fully saturated rings. The molecule has 0 saturated heterocycles. The predicted molar refractivity (Wildman–Crippen MR) is 79.9 cm³/mol. The summed E-state index contributed by atoms with van der Waals surface area (Å²) in [6.07, 6.45) is 7.94. The van der Waals surface area contributed by atoms with Crippen molar-refractivity contribution < 1.29 is 0 Å². The molecule has 0 saturated carbocycles. The van der Waals surface area contributed by atoms with E-state index >= 15 is 0 Å². The maximum absolute atomic E-state index is 4.89. The van der Waals surface area contributed by atoms with E-state index in [0.29, 0.717) is 0 Å². The van der Waals surface area contributed by atoms with Gasteiger partial charge in [-0.15, -0.1) is 0 Å². The summed E-state index contributed by atoms with van der Waals surface area (Å²) in [5.74, 6) is 0. The van der Waals surface area contributed by atoms with Crippen molar-refractivity contribution in [3.05, 3.63) is 0 Å². The van der Waals surface area contributed by atoms with E-state index in [4.69, 9.17) is 15.4 Å². The van der Waals surface area contributed by atoms with Gasteiger partial charge < -0.3 is 0 Å². The third-order valence-corrected chi connectivity index (χ3v) is 16.5. The Morgan fingerprint density at radius 2 is 1.25 bits per heavy atom. The van der Waals surface area contributed by atoms with Crippen molar-refractivity contribution in [3.63, 3.8) is 0 Å². The molecule has 0 rings (SSSR count). The van der Waals surface area contributed by atoms with Gasteiger partial charge in [0.1, 0.15) is 0 Å². The Bertz CT molecular complexity index is 190. The molecular formula is C13H27NSSn. The van der Waals surface area contributed by atoms with Crippen LogP contribution in [0.1, 0.15) is 59.3 Å². The molecule has 0 spiro atoms. The van der Waals surface area contributed by atoms with Crippen molar-refractivity contribution in [3.8, 4) is 0 Å². The molecule has 1 nitrogen and oxygen atoms in total. The zero-order chi connectivity index (χ0) is 12.3. The summed E-state index contributed by atoms with van der Waals surface area (Å²) in [4.78, 5) is 0. The molecule has 0 aliphatic rings. The summed E-state index contributed by atoms with van der Waals surface area (Å²) in [6, 6.07) is 0. The van der Waals surface area contributed by atoms with Crippen LogP contribution >= 0.6 is 12.2 Å². The monoisotopic (exact) mass is 349 g/mol. The first kappa shape index (κ1) is 16.6. The van der Waals surface area contributed by atoms with Crippen LogP contribution in [0.25, 0.3) is 0 Å². The number of rotatable bonds is 10. The van der Waals surface area contributed by atoms with Gasteiger partial charge in [0.2, 0.25) is 0 Å². The number of isothiocyanates is 1. The molecular weight excluding hydrogens is 321 g/mol. The number of nitrogens with zero attached hydrogens (tertiary/aromatic N) is 1. The quantitative estimate of drug-likeness (QED) is 0.291. The van der Waals surface area contributed by atoms with Crippen LogP contribution in [-0.4, -0.2) is 23.8 Å². The van der Waals surface area contributed by atoms with E-state index in [1.54, 1.807) is 0 Å². The first-order chi connectivity index (χ1) is 7.74. The molecule has 3 heteroatoms. The van der Waals surface area contributed by atoms with Crippen molar-refractivity contribution in [2.45, 2.75) is 72.6 Å². The molecule has 0 amide bonds. The van der Waals surface area contributed by atoms with Gasteiger partial charge >= 0.3 is 112 Å². The van der Waals surface area contributed by atoms with E-state index < -0.39 is 18.7 Å². The van der Waals surface area contributed by atoms with Gasteiger partial charge in [0.25, 0.3) is 0 Å². The number of unbranched alkanes of at least 4 members (excludes halogenated alkanes) is 3. The molecule has 0 aliphatic carbocycles. The Morgan fingerprint density at radius 3 is 1.50 bits per heavy atom. The summed E-state index contributed by atoms with van der Waals surface area (Å²) in [7, 11) is 0. The third-order valence-electron chi connectivity index (χ3n) is 3.27. The van der Waals surface area contributed by atoms with Gasteiger partial charge in [-0.2, -0.15) is 0 Å². The number of thiocarbonyl (C=S) groups is 1. The molecule has 0 unspecified atom stereocenters. The van der Waals surface area contributed by atoms with Crippen LogP contribution in [-0.2, 0) is 0 Å². The van der Waals surface area contributed by atoms with Crippen LogP contribution in [0, 0.1) is 0 Å². The van der Waals surface area contributed by atoms with Crippen LogP contribution in [0.15, 0.2) is 3.21 Å². The Kier molecular flexibility index (Phi) is 11.1. The summed E-state index contributed by atoms with van der Waals surface area (Å²) in [6.45, 7) is 6.83. The molecule has 0 atom stereocenters. The molecule has 0 N–H and O–H groups in total. The van der Waals surface area contributed by atoms with Crippen molar-refractivity contribution in [2.75, 3.05) is 0 Å².